The van der Waals surface area contributed by atoms with Crippen molar-refractivity contribution in [3.8, 4) is 11.5 Å². The topological polar surface area (TPSA) is 82.1 Å². The van der Waals surface area contributed by atoms with Gasteiger partial charge in [0.25, 0.3) is 0 Å². The summed E-state index contributed by atoms with van der Waals surface area (Å²) in [6, 6.07) is 11.5. The van der Waals surface area contributed by atoms with Crippen LogP contribution in [0.2, 0.25) is 0 Å². The average molecular weight is 326 g/mol. The molecule has 0 fully saturated rings. The average Bonchev–Trinajstić information content (AvgIpc) is 3.06. The highest BCUT2D eigenvalue weighted by Crippen LogP contribution is 2.34. The number of methoxy groups -OCH3 is 1. The van der Waals surface area contributed by atoms with Crippen LogP contribution in [0.5, 0.6) is 11.5 Å². The van der Waals surface area contributed by atoms with E-state index in [1.54, 1.807) is 42.5 Å². The summed E-state index contributed by atoms with van der Waals surface area (Å²) >= 11 is 0. The molecule has 0 aliphatic carbocycles. The number of carboxylic acids is 1. The molecule has 0 atom stereocenters. The molecule has 24 heavy (non-hydrogen) atoms. The number of benzene rings is 2. The standard InChI is InChI=1S/C18H14O6/c1-22-18(21)14(12-4-2-3-5-13(12)17(19)20)8-11-6-7-15-16(9-11)24-10-23-15/h2-9H,10H2,1H3,(H,19,20)/b14-8-. The third kappa shape index (κ3) is 2.94. The Bertz CT molecular complexity index is 837. The number of carboxylic acid groups (broad SMARTS) is 1. The van der Waals surface area contributed by atoms with E-state index in [1.165, 1.54) is 13.2 Å². The second-order valence-corrected chi connectivity index (χ2v) is 5.01. The Kier molecular flexibility index (Phi) is 4.20. The number of rotatable bonds is 4. The summed E-state index contributed by atoms with van der Waals surface area (Å²) in [6.45, 7) is 0.147. The maximum absolute atomic E-state index is 12.2. The Morgan fingerprint density at radius 2 is 1.79 bits per heavy atom. The molecule has 0 amide bonds. The molecule has 1 aliphatic heterocycles. The van der Waals surface area contributed by atoms with Crippen molar-refractivity contribution in [1.82, 2.24) is 0 Å². The summed E-state index contributed by atoms with van der Waals surface area (Å²) in [5.41, 5.74) is 1.12. The summed E-state index contributed by atoms with van der Waals surface area (Å²) < 4.78 is 15.4. The van der Waals surface area contributed by atoms with Gasteiger partial charge >= 0.3 is 11.9 Å². The van der Waals surface area contributed by atoms with E-state index in [0.717, 1.165) is 0 Å². The second-order valence-electron chi connectivity index (χ2n) is 5.01. The van der Waals surface area contributed by atoms with Gasteiger partial charge in [-0.3, -0.25) is 0 Å². The summed E-state index contributed by atoms with van der Waals surface area (Å²) in [4.78, 5) is 23.6. The van der Waals surface area contributed by atoms with Crippen molar-refractivity contribution in [1.29, 1.82) is 0 Å². The van der Waals surface area contributed by atoms with Gasteiger partial charge in [0, 0.05) is 5.56 Å². The van der Waals surface area contributed by atoms with E-state index in [-0.39, 0.29) is 23.5 Å². The number of carbonyl (C=O) groups is 2. The van der Waals surface area contributed by atoms with Crippen molar-refractivity contribution in [3.05, 3.63) is 59.2 Å². The lowest BCUT2D eigenvalue weighted by molar-refractivity contribution is -0.133. The highest BCUT2D eigenvalue weighted by molar-refractivity contribution is 6.23. The van der Waals surface area contributed by atoms with Gasteiger partial charge in [0.1, 0.15) is 0 Å². The zero-order valence-electron chi connectivity index (χ0n) is 12.8. The number of fused-ring (bicyclic) bond motifs is 1. The van der Waals surface area contributed by atoms with Crippen LogP contribution in [-0.2, 0) is 9.53 Å². The molecule has 1 N–H and O–H groups in total. The number of hydrogen-bond acceptors (Lipinski definition) is 5. The molecular formula is C18H14O6. The molecule has 0 bridgehead atoms. The molecule has 1 heterocycles. The van der Waals surface area contributed by atoms with Gasteiger partial charge in [-0.25, -0.2) is 9.59 Å². The molecule has 122 valence electrons. The summed E-state index contributed by atoms with van der Waals surface area (Å²) in [7, 11) is 1.25. The van der Waals surface area contributed by atoms with E-state index < -0.39 is 11.9 Å². The lowest BCUT2D eigenvalue weighted by Crippen LogP contribution is -2.09. The van der Waals surface area contributed by atoms with Gasteiger partial charge in [-0.15, -0.1) is 0 Å². The first-order valence-electron chi connectivity index (χ1n) is 7.12. The van der Waals surface area contributed by atoms with Crippen molar-refractivity contribution in [2.45, 2.75) is 0 Å². The molecule has 0 radical (unpaired) electrons. The van der Waals surface area contributed by atoms with Gasteiger partial charge < -0.3 is 19.3 Å². The molecule has 6 nitrogen and oxygen atoms in total. The van der Waals surface area contributed by atoms with E-state index in [0.29, 0.717) is 17.1 Å². The van der Waals surface area contributed by atoms with Crippen molar-refractivity contribution in [3.63, 3.8) is 0 Å². The molecule has 1 aliphatic rings. The first-order valence-corrected chi connectivity index (χ1v) is 7.12. The number of esters is 1. The SMILES string of the molecule is COC(=O)/C(=C\c1ccc2c(c1)OCO2)c1ccccc1C(=O)O. The number of aromatic carboxylic acids is 1. The van der Waals surface area contributed by atoms with Crippen LogP contribution >= 0.6 is 0 Å². The zero-order chi connectivity index (χ0) is 17.1. The molecule has 2 aromatic carbocycles. The van der Waals surface area contributed by atoms with Crippen LogP contribution in [0.3, 0.4) is 0 Å². The van der Waals surface area contributed by atoms with Crippen molar-refractivity contribution < 1.29 is 28.9 Å². The third-order valence-electron chi connectivity index (χ3n) is 3.56. The Balaban J connectivity index is 2.11. The van der Waals surface area contributed by atoms with Gasteiger partial charge in [-0.1, -0.05) is 24.3 Å². The highest BCUT2D eigenvalue weighted by Gasteiger charge is 2.20. The largest absolute Gasteiger partial charge is 0.478 e. The fourth-order valence-corrected chi connectivity index (χ4v) is 2.43. The van der Waals surface area contributed by atoms with E-state index in [2.05, 4.69) is 0 Å². The Labute approximate surface area is 137 Å². The van der Waals surface area contributed by atoms with E-state index in [9.17, 15) is 14.7 Å². The Hall–Kier alpha value is -3.28. The van der Waals surface area contributed by atoms with Crippen molar-refractivity contribution in [2.75, 3.05) is 13.9 Å². The van der Waals surface area contributed by atoms with E-state index >= 15 is 0 Å². The third-order valence-corrected chi connectivity index (χ3v) is 3.56. The van der Waals surface area contributed by atoms with Crippen LogP contribution in [-0.4, -0.2) is 30.9 Å². The normalized spacial score (nSPS) is 12.8. The minimum absolute atomic E-state index is 0.0230. The van der Waals surface area contributed by atoms with Crippen LogP contribution in [0.4, 0.5) is 0 Å². The molecule has 0 saturated carbocycles. The Morgan fingerprint density at radius 3 is 2.50 bits per heavy atom. The zero-order valence-corrected chi connectivity index (χ0v) is 12.8. The number of carbonyl (C=O) groups excluding carboxylic acids is 1. The van der Waals surface area contributed by atoms with E-state index in [1.807, 2.05) is 0 Å². The fraction of sp³-hybridized carbons (Fsp3) is 0.111. The predicted molar refractivity (Wildman–Crippen MR) is 85.9 cm³/mol. The van der Waals surface area contributed by atoms with Crippen molar-refractivity contribution in [2.24, 2.45) is 0 Å². The fourth-order valence-electron chi connectivity index (χ4n) is 2.43. The van der Waals surface area contributed by atoms with Crippen LogP contribution < -0.4 is 9.47 Å². The maximum Gasteiger partial charge on any atom is 0.338 e. The maximum atomic E-state index is 12.2. The monoisotopic (exact) mass is 326 g/mol. The smallest absolute Gasteiger partial charge is 0.338 e. The van der Waals surface area contributed by atoms with Gasteiger partial charge in [-0.2, -0.15) is 0 Å². The predicted octanol–water partition coefficient (Wildman–Crippen LogP) is 2.83. The summed E-state index contributed by atoms with van der Waals surface area (Å²) in [6.07, 6.45) is 1.57. The van der Waals surface area contributed by atoms with Crippen molar-refractivity contribution >= 4 is 23.6 Å². The molecule has 0 saturated heterocycles. The summed E-state index contributed by atoms with van der Waals surface area (Å²) in [5, 5.41) is 9.35. The molecule has 0 unspecified atom stereocenters. The lowest BCUT2D eigenvalue weighted by atomic mass is 9.97. The second kappa shape index (κ2) is 6.45. The number of hydrogen-bond donors (Lipinski definition) is 1. The highest BCUT2D eigenvalue weighted by atomic mass is 16.7. The van der Waals surface area contributed by atoms with Crippen LogP contribution in [0, 0.1) is 0 Å². The van der Waals surface area contributed by atoms with Gasteiger partial charge in [0.15, 0.2) is 11.5 Å². The summed E-state index contributed by atoms with van der Waals surface area (Å²) in [5.74, 6) is -0.551. The van der Waals surface area contributed by atoms with Crippen LogP contribution in [0.15, 0.2) is 42.5 Å². The van der Waals surface area contributed by atoms with Gasteiger partial charge in [-0.05, 0) is 29.8 Å². The lowest BCUT2D eigenvalue weighted by Gasteiger charge is -2.09. The van der Waals surface area contributed by atoms with Gasteiger partial charge in [0.2, 0.25) is 6.79 Å². The van der Waals surface area contributed by atoms with Gasteiger partial charge in [0.05, 0.1) is 18.2 Å². The molecule has 2 aromatic rings. The van der Waals surface area contributed by atoms with Crippen LogP contribution in [0.25, 0.3) is 11.6 Å². The first-order chi connectivity index (χ1) is 11.6. The molecule has 0 spiro atoms. The molecule has 0 aromatic heterocycles. The molecule has 6 heteroatoms. The van der Waals surface area contributed by atoms with Crippen LogP contribution in [0.1, 0.15) is 21.5 Å². The first kappa shape index (κ1) is 15.6. The minimum Gasteiger partial charge on any atom is -0.478 e. The number of ether oxygens (including phenoxy) is 3. The quantitative estimate of drug-likeness (QED) is 0.528. The minimum atomic E-state index is -1.12. The molecular weight excluding hydrogens is 312 g/mol. The van der Waals surface area contributed by atoms with E-state index in [4.69, 9.17) is 14.2 Å². The molecule has 3 rings (SSSR count). The Morgan fingerprint density at radius 1 is 1.08 bits per heavy atom.